The zero-order valence-electron chi connectivity index (χ0n) is 21.1. The molecule has 0 aliphatic carbocycles. The number of allylic oxidation sites excluding steroid dienone is 1. The van der Waals surface area contributed by atoms with Crippen LogP contribution >= 0.6 is 23.4 Å². The van der Waals surface area contributed by atoms with Crippen molar-refractivity contribution in [1.82, 2.24) is 14.8 Å². The van der Waals surface area contributed by atoms with Gasteiger partial charge in [-0.25, -0.2) is 4.68 Å². The van der Waals surface area contributed by atoms with E-state index in [1.165, 1.54) is 0 Å². The Kier molecular flexibility index (Phi) is 8.00. The monoisotopic (exact) mass is 545 g/mol. The van der Waals surface area contributed by atoms with Crippen LogP contribution in [0.1, 0.15) is 37.4 Å². The number of thioether (sulfide) groups is 1. The van der Waals surface area contributed by atoms with Gasteiger partial charge in [0.1, 0.15) is 18.4 Å². The fraction of sp³-hybridized carbons (Fsp3) is 0.207. The van der Waals surface area contributed by atoms with Crippen molar-refractivity contribution in [2.75, 3.05) is 16.4 Å². The summed E-state index contributed by atoms with van der Waals surface area (Å²) >= 11 is 7.97. The number of amides is 1. The minimum absolute atomic E-state index is 0.226. The lowest BCUT2D eigenvalue weighted by Gasteiger charge is -2.29. The molecular formula is C29H28ClN5O2S. The maximum atomic E-state index is 13.8. The fourth-order valence-electron chi connectivity index (χ4n) is 4.30. The van der Waals surface area contributed by atoms with E-state index in [4.69, 9.17) is 26.4 Å². The van der Waals surface area contributed by atoms with Crippen molar-refractivity contribution < 1.29 is 9.53 Å². The van der Waals surface area contributed by atoms with Gasteiger partial charge in [0.2, 0.25) is 11.1 Å². The quantitative estimate of drug-likeness (QED) is 0.222. The number of nitrogens with one attached hydrogen (secondary N) is 2. The molecule has 2 heterocycles. The summed E-state index contributed by atoms with van der Waals surface area (Å²) in [6.45, 7) is 4.29. The molecule has 0 radical (unpaired) electrons. The van der Waals surface area contributed by atoms with Crippen molar-refractivity contribution >= 4 is 40.9 Å². The molecule has 5 rings (SSSR count). The molecule has 2 N–H and O–H groups in total. The van der Waals surface area contributed by atoms with Crippen molar-refractivity contribution in [2.45, 2.75) is 38.1 Å². The summed E-state index contributed by atoms with van der Waals surface area (Å²) in [7, 11) is 0. The number of halogens is 1. The van der Waals surface area contributed by atoms with Crippen molar-refractivity contribution in [3.8, 4) is 5.75 Å². The molecule has 7 nitrogen and oxygen atoms in total. The smallest absolute Gasteiger partial charge is 0.255 e. The van der Waals surface area contributed by atoms with Gasteiger partial charge >= 0.3 is 0 Å². The second-order valence-corrected chi connectivity index (χ2v) is 10.3. The second-order valence-electron chi connectivity index (χ2n) is 8.82. The first-order valence-electron chi connectivity index (χ1n) is 12.4. The summed E-state index contributed by atoms with van der Waals surface area (Å²) in [5, 5.41) is 12.4. The average Bonchev–Trinajstić information content (AvgIpc) is 3.33. The highest BCUT2D eigenvalue weighted by molar-refractivity contribution is 7.99. The summed E-state index contributed by atoms with van der Waals surface area (Å²) < 4.78 is 8.08. The van der Waals surface area contributed by atoms with Crippen molar-refractivity contribution in [1.29, 1.82) is 0 Å². The molecule has 1 amide bonds. The van der Waals surface area contributed by atoms with E-state index in [9.17, 15) is 4.79 Å². The summed E-state index contributed by atoms with van der Waals surface area (Å²) in [5.41, 5.74) is 3.63. The molecule has 1 aliphatic rings. The zero-order chi connectivity index (χ0) is 26.5. The van der Waals surface area contributed by atoms with Crippen molar-refractivity contribution in [2.24, 2.45) is 0 Å². The van der Waals surface area contributed by atoms with Crippen LogP contribution in [0, 0.1) is 0 Å². The number of fused-ring (bicyclic) bond motifs is 1. The molecule has 1 aliphatic heterocycles. The minimum atomic E-state index is -0.555. The van der Waals surface area contributed by atoms with Crippen LogP contribution in [-0.2, 0) is 11.4 Å². The maximum Gasteiger partial charge on any atom is 0.255 e. The highest BCUT2D eigenvalue weighted by Crippen LogP contribution is 2.40. The summed E-state index contributed by atoms with van der Waals surface area (Å²) in [4.78, 5) is 18.5. The lowest BCUT2D eigenvalue weighted by Crippen LogP contribution is -2.31. The molecule has 0 saturated heterocycles. The van der Waals surface area contributed by atoms with Gasteiger partial charge in [-0.3, -0.25) is 4.79 Å². The van der Waals surface area contributed by atoms with Gasteiger partial charge in [-0.05, 0) is 37.6 Å². The van der Waals surface area contributed by atoms with Gasteiger partial charge in [0, 0.05) is 33.3 Å². The third-order valence-electron chi connectivity index (χ3n) is 6.10. The molecule has 38 heavy (non-hydrogen) atoms. The topological polar surface area (TPSA) is 81.1 Å². The first-order chi connectivity index (χ1) is 18.5. The van der Waals surface area contributed by atoms with E-state index < -0.39 is 6.04 Å². The third-order valence-corrected chi connectivity index (χ3v) is 7.51. The minimum Gasteiger partial charge on any atom is -0.488 e. The summed E-state index contributed by atoms with van der Waals surface area (Å²) in [6, 6.07) is 24.2. The number of nitrogens with zero attached hydrogens (tertiary/aromatic N) is 3. The largest absolute Gasteiger partial charge is 0.488 e. The van der Waals surface area contributed by atoms with Crippen LogP contribution in [0.4, 0.5) is 11.6 Å². The molecular weight excluding hydrogens is 518 g/mol. The van der Waals surface area contributed by atoms with Crippen LogP contribution in [0.3, 0.4) is 0 Å². The van der Waals surface area contributed by atoms with Gasteiger partial charge in [0.05, 0.1) is 5.57 Å². The predicted octanol–water partition coefficient (Wildman–Crippen LogP) is 6.94. The van der Waals surface area contributed by atoms with Crippen LogP contribution in [0.5, 0.6) is 5.75 Å². The number of benzene rings is 3. The molecule has 0 saturated carbocycles. The molecule has 0 fully saturated rings. The Labute approximate surface area is 231 Å². The molecule has 0 bridgehead atoms. The number of hydrogen-bond acceptors (Lipinski definition) is 6. The van der Waals surface area contributed by atoms with E-state index in [1.807, 2.05) is 85.8 Å². The van der Waals surface area contributed by atoms with Gasteiger partial charge in [-0.1, -0.05) is 84.9 Å². The van der Waals surface area contributed by atoms with E-state index in [0.717, 1.165) is 23.3 Å². The Hall–Kier alpha value is -3.75. The Morgan fingerprint density at radius 2 is 1.82 bits per heavy atom. The van der Waals surface area contributed by atoms with Gasteiger partial charge < -0.3 is 15.4 Å². The molecule has 1 unspecified atom stereocenters. The first-order valence-corrected chi connectivity index (χ1v) is 13.8. The van der Waals surface area contributed by atoms with Crippen LogP contribution in [0.2, 0.25) is 5.02 Å². The van der Waals surface area contributed by atoms with E-state index >= 15 is 0 Å². The molecule has 1 atom stereocenters. The van der Waals surface area contributed by atoms with Gasteiger partial charge in [-0.2, -0.15) is 4.98 Å². The van der Waals surface area contributed by atoms with E-state index in [0.29, 0.717) is 38.8 Å². The highest BCUT2D eigenvalue weighted by atomic mass is 35.5. The Morgan fingerprint density at radius 1 is 1.08 bits per heavy atom. The normalized spacial score (nSPS) is 14.6. The number of anilines is 2. The SMILES string of the molecule is CCCSc1nc2n(n1)C(c1ccccc1OCc1ccccc1Cl)C(C(=O)Nc1ccccc1)=C(C)N2. The first kappa shape index (κ1) is 25.9. The molecule has 1 aromatic heterocycles. The average molecular weight is 546 g/mol. The van der Waals surface area contributed by atoms with Gasteiger partial charge in [0.25, 0.3) is 5.91 Å². The van der Waals surface area contributed by atoms with Crippen LogP contribution in [0.25, 0.3) is 0 Å². The molecule has 194 valence electrons. The number of carbonyl (C=O) groups excluding carboxylic acids is 1. The lowest BCUT2D eigenvalue weighted by atomic mass is 9.94. The maximum absolute atomic E-state index is 13.8. The molecule has 4 aromatic rings. The number of aromatic nitrogens is 3. The highest BCUT2D eigenvalue weighted by Gasteiger charge is 2.36. The van der Waals surface area contributed by atoms with Crippen LogP contribution < -0.4 is 15.4 Å². The standard InChI is InChI=1S/C29H28ClN5O2S/c1-3-17-38-29-33-28-31-19(2)25(27(36)32-21-12-5-4-6-13-21)26(35(28)34-29)22-14-8-10-16-24(22)37-18-20-11-7-9-15-23(20)30/h4-16,26H,3,17-18H2,1-2H3,(H,32,36)(H,31,33,34). The number of para-hydroxylation sites is 2. The summed E-state index contributed by atoms with van der Waals surface area (Å²) in [6.07, 6.45) is 1.01. The molecule has 9 heteroatoms. The second kappa shape index (κ2) is 11.8. The van der Waals surface area contributed by atoms with Gasteiger partial charge in [0.15, 0.2) is 0 Å². The van der Waals surface area contributed by atoms with Gasteiger partial charge in [-0.15, -0.1) is 5.10 Å². The summed E-state index contributed by atoms with van der Waals surface area (Å²) in [5.74, 6) is 1.90. The van der Waals surface area contributed by atoms with Crippen molar-refractivity contribution in [3.63, 3.8) is 0 Å². The van der Waals surface area contributed by atoms with E-state index in [2.05, 4.69) is 17.6 Å². The van der Waals surface area contributed by atoms with E-state index in [1.54, 1.807) is 16.4 Å². The zero-order valence-corrected chi connectivity index (χ0v) is 22.7. The van der Waals surface area contributed by atoms with E-state index in [-0.39, 0.29) is 12.5 Å². The van der Waals surface area contributed by atoms with Crippen molar-refractivity contribution in [3.05, 3.63) is 106 Å². The van der Waals surface area contributed by atoms with Crippen LogP contribution in [0.15, 0.2) is 95.3 Å². The Bertz CT molecular complexity index is 1470. The lowest BCUT2D eigenvalue weighted by molar-refractivity contribution is -0.113. The molecule has 3 aromatic carbocycles. The Balaban J connectivity index is 1.55. The number of carbonyl (C=O) groups is 1. The molecule has 0 spiro atoms. The Morgan fingerprint density at radius 3 is 2.61 bits per heavy atom. The number of hydrogen-bond donors (Lipinski definition) is 2. The predicted molar refractivity (Wildman–Crippen MR) is 153 cm³/mol. The third kappa shape index (κ3) is 5.56. The van der Waals surface area contributed by atoms with Crippen LogP contribution in [-0.4, -0.2) is 26.4 Å². The number of ether oxygens (including phenoxy) is 1. The number of rotatable bonds is 9. The fourth-order valence-corrected chi connectivity index (χ4v) is 5.17.